The number of methoxy groups -OCH3 is 1. The van der Waals surface area contributed by atoms with Gasteiger partial charge in [-0.3, -0.25) is 14.4 Å². The lowest BCUT2D eigenvalue weighted by molar-refractivity contribution is -0.144. The molecule has 7 heteroatoms. The van der Waals surface area contributed by atoms with Crippen LogP contribution >= 0.6 is 0 Å². The van der Waals surface area contributed by atoms with E-state index in [2.05, 4.69) is 0 Å². The quantitative estimate of drug-likeness (QED) is 0.756. The third kappa shape index (κ3) is 3.20. The fourth-order valence-corrected chi connectivity index (χ4v) is 5.42. The van der Waals surface area contributed by atoms with E-state index in [4.69, 9.17) is 4.74 Å². The van der Waals surface area contributed by atoms with Crippen molar-refractivity contribution in [3.8, 4) is 0 Å². The van der Waals surface area contributed by atoms with Gasteiger partial charge in [-0.1, -0.05) is 18.2 Å². The van der Waals surface area contributed by atoms with Crippen LogP contribution in [-0.2, 0) is 14.3 Å². The first-order chi connectivity index (χ1) is 14.4. The third-order valence-corrected chi connectivity index (χ3v) is 6.92. The average molecular weight is 414 g/mol. The summed E-state index contributed by atoms with van der Waals surface area (Å²) in [5, 5.41) is 0. The van der Waals surface area contributed by atoms with Crippen LogP contribution < -0.4 is 0 Å². The van der Waals surface area contributed by atoms with E-state index >= 15 is 0 Å². The molecular weight excluding hydrogens is 382 g/mol. The molecule has 4 rings (SSSR count). The number of ether oxygens (including phenoxy) is 1. The molecule has 0 aliphatic carbocycles. The zero-order valence-electron chi connectivity index (χ0n) is 18.1. The molecule has 3 aliphatic heterocycles. The Hall–Kier alpha value is -2.41. The first-order valence-electron chi connectivity index (χ1n) is 10.9. The molecule has 30 heavy (non-hydrogen) atoms. The Morgan fingerprint density at radius 3 is 2.33 bits per heavy atom. The minimum absolute atomic E-state index is 0.00933. The number of hydrogen-bond acceptors (Lipinski definition) is 4. The molecule has 2 fully saturated rings. The Balaban J connectivity index is 1.77. The summed E-state index contributed by atoms with van der Waals surface area (Å²) < 4.78 is 5.01. The van der Waals surface area contributed by atoms with Gasteiger partial charge in [-0.15, -0.1) is 0 Å². The van der Waals surface area contributed by atoms with E-state index in [0.29, 0.717) is 31.5 Å². The lowest BCUT2D eigenvalue weighted by Gasteiger charge is -2.57. The molecule has 0 bridgehead atoms. The van der Waals surface area contributed by atoms with Gasteiger partial charge in [0.25, 0.3) is 5.91 Å². The molecule has 3 heterocycles. The second-order valence-corrected chi connectivity index (χ2v) is 8.89. The van der Waals surface area contributed by atoms with Crippen LogP contribution in [0.25, 0.3) is 0 Å². The van der Waals surface area contributed by atoms with Crippen molar-refractivity contribution in [2.75, 3.05) is 39.9 Å². The fourth-order valence-electron chi connectivity index (χ4n) is 5.42. The molecule has 0 radical (unpaired) electrons. The number of carbonyl (C=O) groups is 3. The molecule has 2 saturated heterocycles. The predicted molar refractivity (Wildman–Crippen MR) is 112 cm³/mol. The van der Waals surface area contributed by atoms with Crippen LogP contribution in [0.1, 0.15) is 54.9 Å². The highest BCUT2D eigenvalue weighted by Gasteiger charge is 2.57. The highest BCUT2D eigenvalue weighted by Crippen LogP contribution is 2.49. The van der Waals surface area contributed by atoms with Gasteiger partial charge in [0.1, 0.15) is 6.61 Å². The summed E-state index contributed by atoms with van der Waals surface area (Å²) in [7, 11) is 1.52. The topological polar surface area (TPSA) is 70.2 Å². The van der Waals surface area contributed by atoms with Crippen molar-refractivity contribution in [2.24, 2.45) is 0 Å². The molecule has 7 nitrogen and oxygen atoms in total. The molecule has 1 atom stereocenters. The number of fused-ring (bicyclic) bond motifs is 1. The standard InChI is InChI=1S/C23H31N3O4/c1-16(2)26-21(28)18-8-5-4-7-17(18)20(22(29)25-11-6-12-25)23(26)9-13-24(14-10-23)19(27)15-30-3/h4-5,7-8,16,20H,6,9-15H2,1-3H3. The Morgan fingerprint density at radius 2 is 1.77 bits per heavy atom. The highest BCUT2D eigenvalue weighted by atomic mass is 16.5. The lowest BCUT2D eigenvalue weighted by atomic mass is 9.66. The SMILES string of the molecule is COCC(=O)N1CCC2(CC1)C(C(=O)N1CCC1)c1ccccc1C(=O)N2C(C)C. The number of rotatable bonds is 4. The van der Waals surface area contributed by atoms with Gasteiger partial charge in [-0.2, -0.15) is 0 Å². The van der Waals surface area contributed by atoms with Crippen molar-refractivity contribution < 1.29 is 19.1 Å². The van der Waals surface area contributed by atoms with Crippen molar-refractivity contribution >= 4 is 17.7 Å². The normalized spacial score (nSPS) is 22.9. The minimum Gasteiger partial charge on any atom is -0.375 e. The monoisotopic (exact) mass is 413 g/mol. The van der Waals surface area contributed by atoms with E-state index in [9.17, 15) is 14.4 Å². The van der Waals surface area contributed by atoms with Crippen molar-refractivity contribution in [2.45, 2.75) is 50.6 Å². The summed E-state index contributed by atoms with van der Waals surface area (Å²) >= 11 is 0. The lowest BCUT2D eigenvalue weighted by Crippen LogP contribution is -2.68. The number of hydrogen-bond donors (Lipinski definition) is 0. The van der Waals surface area contributed by atoms with Gasteiger partial charge in [0.2, 0.25) is 11.8 Å². The summed E-state index contributed by atoms with van der Waals surface area (Å²) in [5.74, 6) is -0.334. The van der Waals surface area contributed by atoms with E-state index in [-0.39, 0.29) is 30.4 Å². The maximum Gasteiger partial charge on any atom is 0.254 e. The third-order valence-electron chi connectivity index (χ3n) is 6.92. The van der Waals surface area contributed by atoms with Crippen molar-refractivity contribution in [3.63, 3.8) is 0 Å². The van der Waals surface area contributed by atoms with Crippen LogP contribution in [0.2, 0.25) is 0 Å². The van der Waals surface area contributed by atoms with E-state index < -0.39 is 11.5 Å². The summed E-state index contributed by atoms with van der Waals surface area (Å²) in [4.78, 5) is 45.3. The fraction of sp³-hybridized carbons (Fsp3) is 0.609. The zero-order chi connectivity index (χ0) is 21.5. The summed E-state index contributed by atoms with van der Waals surface area (Å²) in [6.45, 7) is 6.68. The zero-order valence-corrected chi connectivity index (χ0v) is 18.1. The number of amides is 3. The van der Waals surface area contributed by atoms with Gasteiger partial charge in [-0.05, 0) is 44.7 Å². The Labute approximate surface area is 177 Å². The van der Waals surface area contributed by atoms with Crippen LogP contribution in [0.15, 0.2) is 24.3 Å². The second kappa shape index (κ2) is 8.02. The van der Waals surface area contributed by atoms with E-state index in [1.54, 1.807) is 4.90 Å². The largest absolute Gasteiger partial charge is 0.375 e. The van der Waals surface area contributed by atoms with Crippen LogP contribution in [0, 0.1) is 0 Å². The molecule has 3 amide bonds. The average Bonchev–Trinajstić information content (AvgIpc) is 2.67. The first-order valence-corrected chi connectivity index (χ1v) is 10.9. The van der Waals surface area contributed by atoms with Gasteiger partial charge >= 0.3 is 0 Å². The van der Waals surface area contributed by atoms with E-state index in [1.807, 2.05) is 47.9 Å². The molecule has 0 saturated carbocycles. The molecule has 3 aliphatic rings. The molecule has 162 valence electrons. The molecular formula is C23H31N3O4. The van der Waals surface area contributed by atoms with Gasteiger partial charge in [-0.25, -0.2) is 0 Å². The molecule has 1 unspecified atom stereocenters. The molecule has 0 N–H and O–H groups in total. The van der Waals surface area contributed by atoms with Gasteiger partial charge in [0.15, 0.2) is 0 Å². The van der Waals surface area contributed by atoms with Crippen LogP contribution in [0.4, 0.5) is 0 Å². The van der Waals surface area contributed by atoms with E-state index in [0.717, 1.165) is 25.1 Å². The molecule has 0 aromatic heterocycles. The van der Waals surface area contributed by atoms with Crippen LogP contribution in [-0.4, -0.2) is 83.9 Å². The maximum absolute atomic E-state index is 13.7. The molecule has 1 aromatic carbocycles. The maximum atomic E-state index is 13.7. The van der Waals surface area contributed by atoms with Crippen molar-refractivity contribution in [3.05, 3.63) is 35.4 Å². The molecule has 1 aromatic rings. The van der Waals surface area contributed by atoms with Crippen LogP contribution in [0.3, 0.4) is 0 Å². The summed E-state index contributed by atoms with van der Waals surface area (Å²) in [5.41, 5.74) is 0.859. The minimum atomic E-state index is -0.615. The Bertz CT molecular complexity index is 841. The Morgan fingerprint density at radius 1 is 1.10 bits per heavy atom. The van der Waals surface area contributed by atoms with Crippen molar-refractivity contribution in [1.29, 1.82) is 0 Å². The highest BCUT2D eigenvalue weighted by molar-refractivity contribution is 6.02. The smallest absolute Gasteiger partial charge is 0.254 e. The number of benzene rings is 1. The van der Waals surface area contributed by atoms with Crippen LogP contribution in [0.5, 0.6) is 0 Å². The van der Waals surface area contributed by atoms with Crippen molar-refractivity contribution in [1.82, 2.24) is 14.7 Å². The Kier molecular flexibility index (Phi) is 5.57. The first kappa shape index (κ1) is 20.8. The number of piperidine rings is 1. The number of nitrogens with zero attached hydrogens (tertiary/aromatic N) is 3. The van der Waals surface area contributed by atoms with E-state index in [1.165, 1.54) is 7.11 Å². The predicted octanol–water partition coefficient (Wildman–Crippen LogP) is 1.87. The van der Waals surface area contributed by atoms with Gasteiger partial charge < -0.3 is 19.4 Å². The summed E-state index contributed by atoms with van der Waals surface area (Å²) in [6, 6.07) is 7.52. The molecule has 1 spiro atoms. The second-order valence-electron chi connectivity index (χ2n) is 8.89. The summed E-state index contributed by atoms with van der Waals surface area (Å²) in [6.07, 6.45) is 2.20. The van der Waals surface area contributed by atoms with Gasteiger partial charge in [0.05, 0.1) is 11.5 Å². The number of carbonyl (C=O) groups excluding carboxylic acids is 3. The van der Waals surface area contributed by atoms with Gasteiger partial charge in [0, 0.05) is 44.9 Å². The number of likely N-dealkylation sites (tertiary alicyclic amines) is 2.